The number of halogens is 1. The van der Waals surface area contributed by atoms with Crippen molar-refractivity contribution in [3.05, 3.63) is 29.5 Å². The zero-order valence-electron chi connectivity index (χ0n) is 10.5. The third-order valence-corrected chi connectivity index (χ3v) is 2.67. The van der Waals surface area contributed by atoms with E-state index < -0.39 is 5.97 Å². The maximum absolute atomic E-state index is 11.0. The van der Waals surface area contributed by atoms with Gasteiger partial charge in [-0.2, -0.15) is 0 Å². The average molecular weight is 282 g/mol. The summed E-state index contributed by atoms with van der Waals surface area (Å²) in [5.41, 5.74) is 1.66. The van der Waals surface area contributed by atoms with Crippen LogP contribution in [0.5, 0.6) is 5.88 Å². The van der Waals surface area contributed by atoms with Crippen LogP contribution >= 0.6 is 11.6 Å². The summed E-state index contributed by atoms with van der Waals surface area (Å²) in [6, 6.07) is 5.24. The van der Waals surface area contributed by atoms with Gasteiger partial charge in [0.15, 0.2) is 6.61 Å². The van der Waals surface area contributed by atoms with Gasteiger partial charge < -0.3 is 9.47 Å². The lowest BCUT2D eigenvalue weighted by molar-refractivity contribution is -0.143. The number of aryl methyl sites for hydroxylation is 1. The van der Waals surface area contributed by atoms with Crippen LogP contribution in [-0.4, -0.2) is 34.5 Å². The normalized spacial score (nSPS) is 10.3. The first kappa shape index (κ1) is 13.4. The van der Waals surface area contributed by atoms with E-state index in [0.29, 0.717) is 11.0 Å². The Morgan fingerprint density at radius 2 is 2.26 bits per heavy atom. The highest BCUT2D eigenvalue weighted by Gasteiger charge is 2.10. The zero-order valence-corrected chi connectivity index (χ0v) is 11.2. The number of carbonyl (C=O) groups is 1. The molecule has 0 aromatic carbocycles. The van der Waals surface area contributed by atoms with Crippen molar-refractivity contribution in [3.8, 4) is 17.1 Å². The molecule has 0 aliphatic heterocycles. The number of hydrogen-bond donors (Lipinski definition) is 0. The summed E-state index contributed by atoms with van der Waals surface area (Å²) in [5.74, 6) is -0.113. The molecule has 0 amide bonds. The summed E-state index contributed by atoms with van der Waals surface area (Å²) in [4.78, 5) is 15.0. The third-order valence-electron chi connectivity index (χ3n) is 2.45. The average Bonchev–Trinajstić information content (AvgIpc) is 2.78. The van der Waals surface area contributed by atoms with Crippen LogP contribution in [0.4, 0.5) is 0 Å². The van der Waals surface area contributed by atoms with Gasteiger partial charge in [0.2, 0.25) is 5.88 Å². The number of ether oxygens (including phenoxy) is 2. The molecule has 7 heteroatoms. The Labute approximate surface area is 114 Å². The van der Waals surface area contributed by atoms with Gasteiger partial charge in [-0.05, 0) is 12.1 Å². The van der Waals surface area contributed by atoms with Crippen molar-refractivity contribution in [2.75, 3.05) is 13.7 Å². The number of carbonyl (C=O) groups excluding carboxylic acids is 1. The van der Waals surface area contributed by atoms with Crippen LogP contribution in [0.2, 0.25) is 5.15 Å². The molecule has 0 aliphatic carbocycles. The molecule has 0 atom stereocenters. The van der Waals surface area contributed by atoms with Crippen molar-refractivity contribution in [2.24, 2.45) is 7.05 Å². The van der Waals surface area contributed by atoms with Crippen molar-refractivity contribution >= 4 is 17.6 Å². The van der Waals surface area contributed by atoms with Crippen LogP contribution in [0.3, 0.4) is 0 Å². The van der Waals surface area contributed by atoms with Gasteiger partial charge in [-0.3, -0.25) is 4.68 Å². The molecule has 6 nitrogen and oxygen atoms in total. The fraction of sp³-hybridized carbons (Fsp3) is 0.250. The van der Waals surface area contributed by atoms with Crippen molar-refractivity contribution in [1.29, 1.82) is 0 Å². The summed E-state index contributed by atoms with van der Waals surface area (Å²) in [7, 11) is 3.07. The van der Waals surface area contributed by atoms with E-state index in [9.17, 15) is 4.79 Å². The molecular formula is C12H12ClN3O3. The van der Waals surface area contributed by atoms with Gasteiger partial charge in [-0.15, -0.1) is 5.10 Å². The molecular weight excluding hydrogens is 270 g/mol. The van der Waals surface area contributed by atoms with E-state index in [1.807, 2.05) is 6.07 Å². The molecule has 2 heterocycles. The summed E-state index contributed by atoms with van der Waals surface area (Å²) in [6.45, 7) is -0.175. The van der Waals surface area contributed by atoms with E-state index in [1.54, 1.807) is 30.1 Å². The maximum atomic E-state index is 11.0. The molecule has 0 unspecified atom stereocenters. The van der Waals surface area contributed by atoms with Crippen LogP contribution in [0.1, 0.15) is 0 Å². The van der Waals surface area contributed by atoms with Gasteiger partial charge in [0.25, 0.3) is 0 Å². The molecule has 0 bridgehead atoms. The van der Waals surface area contributed by atoms with Crippen molar-refractivity contribution in [3.63, 3.8) is 0 Å². The van der Waals surface area contributed by atoms with Gasteiger partial charge in [0.1, 0.15) is 5.15 Å². The topological polar surface area (TPSA) is 66.2 Å². The zero-order chi connectivity index (χ0) is 13.8. The van der Waals surface area contributed by atoms with Crippen LogP contribution in [0.15, 0.2) is 24.4 Å². The molecule has 0 aliphatic rings. The van der Waals surface area contributed by atoms with E-state index in [1.165, 1.54) is 7.11 Å². The quantitative estimate of drug-likeness (QED) is 0.630. The number of nitrogens with zero attached hydrogens (tertiary/aromatic N) is 3. The summed E-state index contributed by atoms with van der Waals surface area (Å²) >= 11 is 5.74. The molecule has 2 rings (SSSR count). The Kier molecular flexibility index (Phi) is 4.01. The minimum absolute atomic E-state index is 0.175. The molecule has 100 valence electrons. The number of rotatable bonds is 4. The van der Waals surface area contributed by atoms with E-state index in [2.05, 4.69) is 14.8 Å². The Bertz CT molecular complexity index is 580. The minimum atomic E-state index is -0.458. The van der Waals surface area contributed by atoms with Crippen LogP contribution in [-0.2, 0) is 16.6 Å². The highest BCUT2D eigenvalue weighted by molar-refractivity contribution is 6.29. The van der Waals surface area contributed by atoms with Crippen LogP contribution in [0, 0.1) is 0 Å². The largest absolute Gasteiger partial charge is 0.466 e. The van der Waals surface area contributed by atoms with Gasteiger partial charge in [-0.25, -0.2) is 9.78 Å². The molecule has 0 fully saturated rings. The summed E-state index contributed by atoms with van der Waals surface area (Å²) < 4.78 is 11.3. The lowest BCUT2D eigenvalue weighted by Gasteiger charge is -1.99. The number of aromatic nitrogens is 3. The monoisotopic (exact) mass is 281 g/mol. The SMILES string of the molecule is COC(=O)COc1cc(-c2ccc(Cl)nc2)n(C)n1. The standard InChI is InChI=1S/C12H12ClN3O3/c1-16-9(8-3-4-10(13)14-6-8)5-11(15-16)19-7-12(17)18-2/h3-6H,7H2,1-2H3. The van der Waals surface area contributed by atoms with Crippen LogP contribution in [0.25, 0.3) is 11.3 Å². The van der Waals surface area contributed by atoms with Gasteiger partial charge in [-0.1, -0.05) is 11.6 Å². The fourth-order valence-corrected chi connectivity index (χ4v) is 1.61. The van der Waals surface area contributed by atoms with E-state index >= 15 is 0 Å². The lowest BCUT2D eigenvalue weighted by Crippen LogP contribution is -2.12. The Morgan fingerprint density at radius 1 is 1.47 bits per heavy atom. The number of hydrogen-bond acceptors (Lipinski definition) is 5. The predicted octanol–water partition coefficient (Wildman–Crippen LogP) is 1.69. The molecule has 0 radical (unpaired) electrons. The minimum Gasteiger partial charge on any atom is -0.466 e. The van der Waals surface area contributed by atoms with Gasteiger partial charge in [0.05, 0.1) is 12.8 Å². The first-order valence-corrected chi connectivity index (χ1v) is 5.83. The summed E-state index contributed by atoms with van der Waals surface area (Å²) in [5, 5.41) is 4.57. The third kappa shape index (κ3) is 3.23. The van der Waals surface area contributed by atoms with E-state index in [-0.39, 0.29) is 6.61 Å². The first-order chi connectivity index (χ1) is 9.10. The molecule has 2 aromatic heterocycles. The Balaban J connectivity index is 2.16. The second-order valence-corrected chi connectivity index (χ2v) is 4.11. The van der Waals surface area contributed by atoms with Gasteiger partial charge in [0, 0.05) is 24.9 Å². The first-order valence-electron chi connectivity index (χ1n) is 5.45. The van der Waals surface area contributed by atoms with E-state index in [0.717, 1.165) is 11.3 Å². The van der Waals surface area contributed by atoms with Crippen molar-refractivity contribution in [2.45, 2.75) is 0 Å². The number of methoxy groups -OCH3 is 1. The fourth-order valence-electron chi connectivity index (χ4n) is 1.50. The molecule has 0 saturated heterocycles. The molecule has 19 heavy (non-hydrogen) atoms. The van der Waals surface area contributed by atoms with Crippen LogP contribution < -0.4 is 4.74 Å². The molecule has 2 aromatic rings. The second-order valence-electron chi connectivity index (χ2n) is 3.73. The Hall–Kier alpha value is -2.08. The van der Waals surface area contributed by atoms with Gasteiger partial charge >= 0.3 is 5.97 Å². The lowest BCUT2D eigenvalue weighted by atomic mass is 10.2. The van der Waals surface area contributed by atoms with Crippen molar-refractivity contribution in [1.82, 2.24) is 14.8 Å². The molecule has 0 saturated carbocycles. The molecule has 0 spiro atoms. The predicted molar refractivity (Wildman–Crippen MR) is 69.0 cm³/mol. The highest BCUT2D eigenvalue weighted by atomic mass is 35.5. The van der Waals surface area contributed by atoms with E-state index in [4.69, 9.17) is 16.3 Å². The molecule has 0 N–H and O–H groups in total. The smallest absolute Gasteiger partial charge is 0.343 e. The summed E-state index contributed by atoms with van der Waals surface area (Å²) in [6.07, 6.45) is 1.64. The number of esters is 1. The van der Waals surface area contributed by atoms with Crippen molar-refractivity contribution < 1.29 is 14.3 Å². The number of pyridine rings is 1. The second kappa shape index (κ2) is 5.71. The highest BCUT2D eigenvalue weighted by Crippen LogP contribution is 2.23. The maximum Gasteiger partial charge on any atom is 0.343 e. The Morgan fingerprint density at radius 3 is 2.89 bits per heavy atom.